The zero-order chi connectivity index (χ0) is 27.1. The first-order chi connectivity index (χ1) is 17.6. The van der Waals surface area contributed by atoms with E-state index in [0.29, 0.717) is 5.69 Å². The number of hydrogen-bond donors (Lipinski definition) is 0. The van der Waals surface area contributed by atoms with Crippen LogP contribution in [0.4, 0.5) is 0 Å². The Morgan fingerprint density at radius 1 is 0.548 bits per heavy atom. The maximum atomic E-state index is 10.8. The Hall–Kier alpha value is -1.13. The molecule has 4 heterocycles. The van der Waals surface area contributed by atoms with Gasteiger partial charge in [-0.15, -0.1) is 0 Å². The first-order valence-electron chi connectivity index (χ1n) is 10.2. The van der Waals surface area contributed by atoms with Crippen LogP contribution in [0, 0.1) is 7.05 Å². The van der Waals surface area contributed by atoms with Gasteiger partial charge in [0.15, 0.2) is 0 Å². The summed E-state index contributed by atoms with van der Waals surface area (Å²) >= 11 is 0. The zero-order valence-corrected chi connectivity index (χ0v) is 31.9. The van der Waals surface area contributed by atoms with Crippen LogP contribution < -0.4 is 143 Å². The molecular weight excluding hydrogens is 640 g/mol. The van der Waals surface area contributed by atoms with Crippen molar-refractivity contribution in [3.63, 3.8) is 0 Å². The minimum Gasteiger partial charge on any atom is -0.545 e. The Balaban J connectivity index is -0.000000648. The van der Waals surface area contributed by atoms with Crippen molar-refractivity contribution in [2.75, 3.05) is 0 Å². The second kappa shape index (κ2) is 21.6. The quantitative estimate of drug-likeness (QED) is 0.109. The maximum Gasteiger partial charge on any atom is 1.00 e. The second-order valence-electron chi connectivity index (χ2n) is 7.21. The van der Waals surface area contributed by atoms with Crippen molar-refractivity contribution >= 4 is 23.9 Å². The van der Waals surface area contributed by atoms with Crippen molar-refractivity contribution in [3.05, 3.63) is 103 Å². The fourth-order valence-electron chi connectivity index (χ4n) is 2.97. The molecule has 0 atom stereocenters. The molecule has 12 nitrogen and oxygen atoms in total. The number of aromatic nitrogens is 4. The number of carbonyl (C=O) groups excluding carboxylic acids is 4. The van der Waals surface area contributed by atoms with Gasteiger partial charge in [-0.1, -0.05) is 0 Å². The zero-order valence-electron chi connectivity index (χ0n) is 23.0. The van der Waals surface area contributed by atoms with E-state index in [1.54, 1.807) is 0 Å². The Labute approximate surface area is 339 Å². The molecule has 0 N–H and O–H groups in total. The first kappa shape index (κ1) is 45.3. The Morgan fingerprint density at radius 3 is 1.21 bits per heavy atom. The molecule has 0 radical (unpaired) electrons. The summed E-state index contributed by atoms with van der Waals surface area (Å²) in [6.45, 7) is 0. The van der Waals surface area contributed by atoms with Gasteiger partial charge in [0.2, 0.25) is 0 Å². The van der Waals surface area contributed by atoms with Crippen molar-refractivity contribution in [3.8, 4) is 22.8 Å². The molecule has 0 fully saturated rings. The fourth-order valence-corrected chi connectivity index (χ4v) is 2.97. The van der Waals surface area contributed by atoms with E-state index in [4.69, 9.17) is 0 Å². The molecule has 196 valence electrons. The number of hydrogen-bond acceptors (Lipinski definition) is 11. The van der Waals surface area contributed by atoms with Crippen LogP contribution in [-0.2, 0) is 17.1 Å². The molecule has 0 saturated carbocycles. The largest absolute Gasteiger partial charge is 1.00 e. The number of carbonyl (C=O) groups is 4. The standard InChI is InChI=1S/C13H10N2O4.C12H8N2O4.Cu.4Na/c1-15-5-3-9(13(18)19)7-11(15)10-6-8(12(16)17)2-4-14-10;15-11(16)7-1-3-13-9(5-7)10-6-8(12(17)18)2-4-14-10;;;;;/h2-7H,1H2,(H,16,17)(H,18,19);1-6H,(H,15,16)(H,17,18);;;;;/q;;5*+1/p-4. The minimum atomic E-state index is -1.34. The van der Waals surface area contributed by atoms with Crippen LogP contribution in [0.2, 0.25) is 0 Å². The molecule has 4 aromatic rings. The van der Waals surface area contributed by atoms with Crippen LogP contribution in [0.25, 0.3) is 22.8 Å². The summed E-state index contributed by atoms with van der Waals surface area (Å²) in [6.07, 6.45) is 5.29. The van der Waals surface area contributed by atoms with Gasteiger partial charge >= 0.3 is 135 Å². The van der Waals surface area contributed by atoms with Crippen LogP contribution in [-0.4, -0.2) is 38.8 Å². The van der Waals surface area contributed by atoms with Crippen LogP contribution in [0.1, 0.15) is 41.4 Å². The van der Waals surface area contributed by atoms with Gasteiger partial charge in [0, 0.05) is 36.8 Å². The van der Waals surface area contributed by atoms with Gasteiger partial charge in [0.1, 0.15) is 5.69 Å². The number of nitrogens with zero attached hydrogens (tertiary/aromatic N) is 4. The normalized spacial score (nSPS) is 8.86. The van der Waals surface area contributed by atoms with Crippen molar-refractivity contribution in [2.24, 2.45) is 0 Å². The molecule has 0 bridgehead atoms. The molecule has 4 rings (SSSR count). The van der Waals surface area contributed by atoms with E-state index in [0.717, 1.165) is 0 Å². The number of carboxylic acid groups (broad SMARTS) is 4. The van der Waals surface area contributed by atoms with E-state index in [9.17, 15) is 39.6 Å². The number of aromatic carboxylic acids is 4. The number of pyridine rings is 4. The summed E-state index contributed by atoms with van der Waals surface area (Å²) in [5.41, 5.74) is 0.921. The smallest absolute Gasteiger partial charge is 0.545 e. The number of rotatable bonds is 6. The fraction of sp³-hybridized carbons (Fsp3) is 0. The van der Waals surface area contributed by atoms with Gasteiger partial charge in [0.05, 0.1) is 47.2 Å². The van der Waals surface area contributed by atoms with E-state index in [1.807, 2.05) is 0 Å². The third kappa shape index (κ3) is 12.8. The van der Waals surface area contributed by atoms with Gasteiger partial charge in [-0.3, -0.25) is 15.0 Å². The minimum absolute atomic E-state index is 0. The SMILES string of the molecule is O=C([O-])c1ccnc(-c2cc(C(=O)[O-])ccn2)c1.[CH2-][n+]1ccc(C(=O)[O-])cc1-c1cc(C(=O)[O-])ccn1.[Cu+].[Na+].[Na+].[Na+].[Na+]. The monoisotopic (exact) mass is 653 g/mol. The third-order valence-electron chi connectivity index (χ3n) is 4.78. The molecule has 0 unspecified atom stereocenters. The summed E-state index contributed by atoms with van der Waals surface area (Å²) in [6, 6.07) is 10.3. The van der Waals surface area contributed by atoms with Crippen LogP contribution in [0.15, 0.2) is 73.3 Å². The summed E-state index contributed by atoms with van der Waals surface area (Å²) in [5.74, 6) is -5.35. The molecule has 0 aromatic carbocycles. The van der Waals surface area contributed by atoms with Gasteiger partial charge in [-0.25, -0.2) is 0 Å². The molecule has 0 amide bonds. The Bertz CT molecular complexity index is 1490. The maximum absolute atomic E-state index is 10.8. The van der Waals surface area contributed by atoms with Crippen LogP contribution in [0.5, 0.6) is 0 Å². The van der Waals surface area contributed by atoms with Gasteiger partial charge < -0.3 is 44.2 Å². The Morgan fingerprint density at radius 2 is 0.857 bits per heavy atom. The molecule has 17 heteroatoms. The molecular formula is C25H14CuN4Na4O8+. The predicted octanol–water partition coefficient (Wildman–Crippen LogP) is -14.7. The predicted molar refractivity (Wildman–Crippen MR) is 115 cm³/mol. The van der Waals surface area contributed by atoms with Crippen molar-refractivity contribution < 1.29 is 179 Å². The van der Waals surface area contributed by atoms with E-state index < -0.39 is 23.9 Å². The molecule has 0 spiro atoms. The number of carboxylic acids is 4. The first-order valence-corrected chi connectivity index (χ1v) is 10.2. The van der Waals surface area contributed by atoms with Gasteiger partial charge in [-0.2, -0.15) is 0 Å². The van der Waals surface area contributed by atoms with Crippen molar-refractivity contribution in [1.29, 1.82) is 0 Å². The van der Waals surface area contributed by atoms with Crippen molar-refractivity contribution in [1.82, 2.24) is 15.0 Å². The van der Waals surface area contributed by atoms with E-state index in [2.05, 4.69) is 22.0 Å². The summed E-state index contributed by atoms with van der Waals surface area (Å²) in [7, 11) is 3.67. The average molecular weight is 654 g/mol. The van der Waals surface area contributed by atoms with Crippen molar-refractivity contribution in [2.45, 2.75) is 0 Å². The molecule has 0 aliphatic rings. The average Bonchev–Trinajstić information content (AvgIpc) is 2.89. The van der Waals surface area contributed by atoms with Gasteiger partial charge in [0.25, 0.3) is 0 Å². The van der Waals surface area contributed by atoms with E-state index in [-0.39, 0.29) is 175 Å². The van der Waals surface area contributed by atoms with Gasteiger partial charge in [-0.05, 0) is 59.7 Å². The summed E-state index contributed by atoms with van der Waals surface area (Å²) in [4.78, 5) is 54.8. The Kier molecular flexibility index (Phi) is 23.2. The van der Waals surface area contributed by atoms with Crippen LogP contribution in [0.3, 0.4) is 0 Å². The van der Waals surface area contributed by atoms with E-state index >= 15 is 0 Å². The molecule has 0 saturated heterocycles. The third-order valence-corrected chi connectivity index (χ3v) is 4.78. The summed E-state index contributed by atoms with van der Waals surface area (Å²) < 4.78 is 1.38. The molecule has 4 aromatic heterocycles. The molecule has 0 aliphatic carbocycles. The van der Waals surface area contributed by atoms with Crippen LogP contribution >= 0.6 is 0 Å². The van der Waals surface area contributed by atoms with E-state index in [1.165, 1.54) is 77.9 Å². The molecule has 42 heavy (non-hydrogen) atoms. The summed E-state index contributed by atoms with van der Waals surface area (Å²) in [5, 5.41) is 43.0. The second-order valence-corrected chi connectivity index (χ2v) is 7.21. The topological polar surface area (TPSA) is 203 Å². The molecule has 0 aliphatic heterocycles.